The SMILES string of the molecule is C[C@H]1CNc2cc(Cl)c(O)cc2C(c2ccccc2)C1. The molecule has 1 aliphatic rings. The highest BCUT2D eigenvalue weighted by Crippen LogP contribution is 2.41. The zero-order valence-electron chi connectivity index (χ0n) is 11.4. The van der Waals surface area contributed by atoms with Crippen molar-refractivity contribution >= 4 is 17.3 Å². The predicted molar refractivity (Wildman–Crippen MR) is 83.7 cm³/mol. The van der Waals surface area contributed by atoms with Gasteiger partial charge in [0.25, 0.3) is 0 Å². The van der Waals surface area contributed by atoms with Crippen LogP contribution in [0.15, 0.2) is 42.5 Å². The van der Waals surface area contributed by atoms with Crippen molar-refractivity contribution in [1.82, 2.24) is 0 Å². The van der Waals surface area contributed by atoms with Gasteiger partial charge in [0.15, 0.2) is 0 Å². The monoisotopic (exact) mass is 287 g/mol. The molecule has 3 rings (SSSR count). The minimum absolute atomic E-state index is 0.155. The summed E-state index contributed by atoms with van der Waals surface area (Å²) in [6.07, 6.45) is 1.06. The number of anilines is 1. The minimum Gasteiger partial charge on any atom is -0.506 e. The molecule has 2 aromatic rings. The number of rotatable bonds is 1. The van der Waals surface area contributed by atoms with E-state index in [2.05, 4.69) is 36.5 Å². The van der Waals surface area contributed by atoms with Crippen LogP contribution in [0.25, 0.3) is 0 Å². The standard InChI is InChI=1S/C17H18ClNO/c1-11-7-13(12-5-3-2-4-6-12)14-8-17(20)15(18)9-16(14)19-10-11/h2-6,8-9,11,13,19-20H,7,10H2,1H3/t11-,13?/m1/s1. The van der Waals surface area contributed by atoms with Gasteiger partial charge in [-0.3, -0.25) is 0 Å². The molecule has 0 bridgehead atoms. The van der Waals surface area contributed by atoms with Gasteiger partial charge in [-0.1, -0.05) is 48.9 Å². The average molecular weight is 288 g/mol. The van der Waals surface area contributed by atoms with Gasteiger partial charge in [-0.05, 0) is 35.6 Å². The minimum atomic E-state index is 0.155. The van der Waals surface area contributed by atoms with Crippen molar-refractivity contribution in [2.75, 3.05) is 11.9 Å². The van der Waals surface area contributed by atoms with E-state index in [4.69, 9.17) is 11.6 Å². The zero-order valence-corrected chi connectivity index (χ0v) is 12.2. The Morgan fingerprint density at radius 3 is 2.70 bits per heavy atom. The van der Waals surface area contributed by atoms with Crippen molar-refractivity contribution in [1.29, 1.82) is 0 Å². The number of hydrogen-bond acceptors (Lipinski definition) is 2. The molecular weight excluding hydrogens is 270 g/mol. The molecule has 2 aromatic carbocycles. The summed E-state index contributed by atoms with van der Waals surface area (Å²) >= 11 is 6.04. The maximum Gasteiger partial charge on any atom is 0.134 e. The molecule has 2 nitrogen and oxygen atoms in total. The zero-order chi connectivity index (χ0) is 14.1. The van der Waals surface area contributed by atoms with E-state index in [-0.39, 0.29) is 5.75 Å². The van der Waals surface area contributed by atoms with E-state index in [1.54, 1.807) is 6.07 Å². The Labute approximate surface area is 124 Å². The number of halogens is 1. The van der Waals surface area contributed by atoms with Crippen molar-refractivity contribution in [3.05, 3.63) is 58.6 Å². The fourth-order valence-electron chi connectivity index (χ4n) is 2.92. The second-order valence-corrected chi connectivity index (χ2v) is 5.98. The molecule has 0 spiro atoms. The number of fused-ring (bicyclic) bond motifs is 1. The normalized spacial score (nSPS) is 21.7. The van der Waals surface area contributed by atoms with Gasteiger partial charge >= 0.3 is 0 Å². The predicted octanol–water partition coefficient (Wildman–Crippen LogP) is 4.63. The first-order valence-electron chi connectivity index (χ1n) is 6.96. The summed E-state index contributed by atoms with van der Waals surface area (Å²) in [5, 5.41) is 13.8. The third-order valence-corrected chi connectivity index (χ3v) is 4.28. The molecule has 0 saturated heterocycles. The molecule has 0 aliphatic carbocycles. The first-order valence-corrected chi connectivity index (χ1v) is 7.34. The van der Waals surface area contributed by atoms with Crippen LogP contribution in [0.1, 0.15) is 30.4 Å². The van der Waals surface area contributed by atoms with Gasteiger partial charge in [-0.25, -0.2) is 0 Å². The molecule has 1 aliphatic heterocycles. The van der Waals surface area contributed by atoms with Crippen molar-refractivity contribution in [3.63, 3.8) is 0 Å². The van der Waals surface area contributed by atoms with Crippen LogP contribution < -0.4 is 5.32 Å². The molecule has 1 unspecified atom stereocenters. The second-order valence-electron chi connectivity index (χ2n) is 5.58. The van der Waals surface area contributed by atoms with E-state index < -0.39 is 0 Å². The van der Waals surface area contributed by atoms with E-state index in [1.807, 2.05) is 12.1 Å². The Morgan fingerprint density at radius 1 is 1.20 bits per heavy atom. The van der Waals surface area contributed by atoms with Gasteiger partial charge in [0, 0.05) is 18.2 Å². The summed E-state index contributed by atoms with van der Waals surface area (Å²) in [7, 11) is 0. The third kappa shape index (κ3) is 2.48. The first-order chi connectivity index (χ1) is 9.65. The van der Waals surface area contributed by atoms with E-state index >= 15 is 0 Å². The molecule has 0 saturated carbocycles. The Morgan fingerprint density at radius 2 is 1.95 bits per heavy atom. The molecule has 1 heterocycles. The van der Waals surface area contributed by atoms with Crippen molar-refractivity contribution < 1.29 is 5.11 Å². The highest BCUT2D eigenvalue weighted by atomic mass is 35.5. The van der Waals surface area contributed by atoms with Crippen LogP contribution in [0.5, 0.6) is 5.75 Å². The van der Waals surface area contributed by atoms with Crippen LogP contribution in [0.3, 0.4) is 0 Å². The lowest BCUT2D eigenvalue weighted by molar-refractivity contribution is 0.473. The number of hydrogen-bond donors (Lipinski definition) is 2. The van der Waals surface area contributed by atoms with Crippen molar-refractivity contribution in [3.8, 4) is 5.75 Å². The second kappa shape index (κ2) is 5.37. The van der Waals surface area contributed by atoms with Crippen LogP contribution in [0.2, 0.25) is 5.02 Å². The lowest BCUT2D eigenvalue weighted by Gasteiger charge is -2.20. The quantitative estimate of drug-likeness (QED) is 0.750. The van der Waals surface area contributed by atoms with E-state index in [1.165, 1.54) is 5.56 Å². The smallest absolute Gasteiger partial charge is 0.134 e. The topological polar surface area (TPSA) is 32.3 Å². The summed E-state index contributed by atoms with van der Waals surface area (Å²) in [6, 6.07) is 14.1. The number of nitrogens with one attached hydrogen (secondary N) is 1. The van der Waals surface area contributed by atoms with Gasteiger partial charge < -0.3 is 10.4 Å². The molecule has 0 amide bonds. The maximum absolute atomic E-state index is 9.94. The van der Waals surface area contributed by atoms with Gasteiger partial charge in [0.05, 0.1) is 5.02 Å². The molecule has 3 heteroatoms. The number of aromatic hydroxyl groups is 1. The number of phenolic OH excluding ortho intramolecular Hbond substituents is 1. The number of benzene rings is 2. The molecule has 0 radical (unpaired) electrons. The van der Waals surface area contributed by atoms with Crippen LogP contribution in [-0.2, 0) is 0 Å². The molecule has 2 atom stereocenters. The Bertz CT molecular complexity index is 612. The van der Waals surface area contributed by atoms with Crippen molar-refractivity contribution in [2.45, 2.75) is 19.3 Å². The highest BCUT2D eigenvalue weighted by Gasteiger charge is 2.24. The van der Waals surface area contributed by atoms with Crippen molar-refractivity contribution in [2.24, 2.45) is 5.92 Å². The van der Waals surface area contributed by atoms with Crippen LogP contribution in [0.4, 0.5) is 5.69 Å². The largest absolute Gasteiger partial charge is 0.506 e. The van der Waals surface area contributed by atoms with E-state index in [0.29, 0.717) is 16.9 Å². The Hall–Kier alpha value is -1.67. The lowest BCUT2D eigenvalue weighted by atomic mass is 9.84. The lowest BCUT2D eigenvalue weighted by Crippen LogP contribution is -2.09. The fraction of sp³-hybridized carbons (Fsp3) is 0.294. The molecule has 0 fully saturated rings. The van der Waals surface area contributed by atoms with Gasteiger partial charge in [0.2, 0.25) is 0 Å². The van der Waals surface area contributed by atoms with E-state index in [9.17, 15) is 5.11 Å². The van der Waals surface area contributed by atoms with E-state index in [0.717, 1.165) is 24.2 Å². The average Bonchev–Trinajstić information content (AvgIpc) is 2.61. The Kier molecular flexibility index (Phi) is 3.58. The number of phenols is 1. The Balaban J connectivity index is 2.12. The summed E-state index contributed by atoms with van der Waals surface area (Å²) in [5.74, 6) is 1.01. The summed E-state index contributed by atoms with van der Waals surface area (Å²) in [5.41, 5.74) is 3.44. The maximum atomic E-state index is 9.94. The third-order valence-electron chi connectivity index (χ3n) is 3.98. The molecule has 104 valence electrons. The molecular formula is C17H18ClNO. The fourth-order valence-corrected chi connectivity index (χ4v) is 3.08. The van der Waals surface area contributed by atoms with Crippen LogP contribution >= 0.6 is 11.6 Å². The van der Waals surface area contributed by atoms with Gasteiger partial charge in [-0.15, -0.1) is 0 Å². The molecule has 0 aromatic heterocycles. The summed E-state index contributed by atoms with van der Waals surface area (Å²) < 4.78 is 0. The highest BCUT2D eigenvalue weighted by molar-refractivity contribution is 6.32. The van der Waals surface area contributed by atoms with Crippen LogP contribution in [-0.4, -0.2) is 11.7 Å². The van der Waals surface area contributed by atoms with Gasteiger partial charge in [0.1, 0.15) is 5.75 Å². The molecule has 2 N–H and O–H groups in total. The summed E-state index contributed by atoms with van der Waals surface area (Å²) in [4.78, 5) is 0. The van der Waals surface area contributed by atoms with Gasteiger partial charge in [-0.2, -0.15) is 0 Å². The van der Waals surface area contributed by atoms with Crippen LogP contribution in [0, 0.1) is 5.92 Å². The summed E-state index contributed by atoms with van der Waals surface area (Å²) in [6.45, 7) is 3.17. The molecule has 20 heavy (non-hydrogen) atoms. The first kappa shape index (κ1) is 13.3.